The van der Waals surface area contributed by atoms with E-state index in [2.05, 4.69) is 10.2 Å². The molecule has 1 aliphatic rings. The lowest BCUT2D eigenvalue weighted by molar-refractivity contribution is 0.138. The molecule has 0 spiro atoms. The average Bonchev–Trinajstić information content (AvgIpc) is 3.16. The number of ether oxygens (including phenoxy) is 1. The normalized spacial score (nSPS) is 14.9. The van der Waals surface area contributed by atoms with Crippen LogP contribution in [-0.2, 0) is 0 Å². The van der Waals surface area contributed by atoms with Gasteiger partial charge in [0.1, 0.15) is 11.8 Å². The van der Waals surface area contributed by atoms with Gasteiger partial charge in [0.05, 0.1) is 5.02 Å². The van der Waals surface area contributed by atoms with E-state index in [0.29, 0.717) is 21.7 Å². The van der Waals surface area contributed by atoms with Crippen LogP contribution in [0.25, 0.3) is 28.0 Å². The summed E-state index contributed by atoms with van der Waals surface area (Å²) in [5, 5.41) is 14.8. The van der Waals surface area contributed by atoms with E-state index in [0.717, 1.165) is 35.2 Å². The number of aromatic nitrogens is 4. The van der Waals surface area contributed by atoms with Crippen molar-refractivity contribution < 1.29 is 4.74 Å². The number of rotatable bonds is 4. The molecule has 5 nitrogen and oxygen atoms in total. The molecule has 1 aliphatic carbocycles. The lowest BCUT2D eigenvalue weighted by atomic mass is 9.98. The first-order valence-electron chi connectivity index (χ1n) is 10.1. The highest BCUT2D eigenvalue weighted by molar-refractivity contribution is 6.33. The highest BCUT2D eigenvalue weighted by Crippen LogP contribution is 2.36. The molecule has 4 aromatic rings. The second-order valence-corrected chi connectivity index (χ2v) is 8.37. The first-order valence-corrected chi connectivity index (χ1v) is 10.9. The standard InChI is InChI=1S/C23H20Cl2N4O/c24-16-12-10-15(11-13-16)19-14-21-26-27-23(30-17-6-2-1-3-7-17)29(21)28-22(19)18-8-4-5-9-20(18)25/h4-5,8-14,17H,1-3,6-7H2. The Morgan fingerprint density at radius 3 is 2.40 bits per heavy atom. The van der Waals surface area contributed by atoms with Crippen LogP contribution in [0.2, 0.25) is 10.0 Å². The van der Waals surface area contributed by atoms with Crippen molar-refractivity contribution in [2.45, 2.75) is 38.2 Å². The highest BCUT2D eigenvalue weighted by atomic mass is 35.5. The molecule has 152 valence electrons. The van der Waals surface area contributed by atoms with E-state index < -0.39 is 0 Å². The van der Waals surface area contributed by atoms with E-state index in [9.17, 15) is 0 Å². The molecule has 30 heavy (non-hydrogen) atoms. The molecule has 7 heteroatoms. The molecule has 0 bridgehead atoms. The number of benzene rings is 2. The first kappa shape index (κ1) is 19.3. The van der Waals surface area contributed by atoms with Crippen LogP contribution < -0.4 is 4.74 Å². The van der Waals surface area contributed by atoms with Crippen molar-refractivity contribution in [1.82, 2.24) is 19.8 Å². The zero-order valence-electron chi connectivity index (χ0n) is 16.3. The maximum absolute atomic E-state index is 6.53. The molecule has 5 rings (SSSR count). The fraction of sp³-hybridized carbons (Fsp3) is 0.261. The van der Waals surface area contributed by atoms with Gasteiger partial charge in [-0.2, -0.15) is 9.61 Å². The van der Waals surface area contributed by atoms with Crippen LogP contribution in [0.15, 0.2) is 54.6 Å². The summed E-state index contributed by atoms with van der Waals surface area (Å²) in [6, 6.07) is 17.7. The van der Waals surface area contributed by atoms with Crippen molar-refractivity contribution in [2.75, 3.05) is 0 Å². The zero-order chi connectivity index (χ0) is 20.5. The highest BCUT2D eigenvalue weighted by Gasteiger charge is 2.21. The molecule has 1 fully saturated rings. The SMILES string of the molecule is Clc1ccc(-c2cc3nnc(OC4CCCCC4)n3nc2-c2ccccc2Cl)cc1. The second-order valence-electron chi connectivity index (χ2n) is 7.52. The molecular formula is C23H20Cl2N4O. The van der Waals surface area contributed by atoms with Crippen molar-refractivity contribution in [3.05, 3.63) is 64.6 Å². The van der Waals surface area contributed by atoms with Crippen LogP contribution in [-0.4, -0.2) is 25.9 Å². The number of halogens is 2. The van der Waals surface area contributed by atoms with E-state index >= 15 is 0 Å². The molecule has 0 unspecified atom stereocenters. The summed E-state index contributed by atoms with van der Waals surface area (Å²) >= 11 is 12.6. The number of fused-ring (bicyclic) bond motifs is 1. The van der Waals surface area contributed by atoms with Gasteiger partial charge in [0.15, 0.2) is 5.65 Å². The van der Waals surface area contributed by atoms with E-state index in [4.69, 9.17) is 33.0 Å². The van der Waals surface area contributed by atoms with E-state index in [-0.39, 0.29) is 6.10 Å². The van der Waals surface area contributed by atoms with Crippen molar-refractivity contribution in [2.24, 2.45) is 0 Å². The quantitative estimate of drug-likeness (QED) is 0.365. The van der Waals surface area contributed by atoms with Gasteiger partial charge in [0, 0.05) is 16.1 Å². The number of nitrogens with zero attached hydrogens (tertiary/aromatic N) is 4. The molecular weight excluding hydrogens is 419 g/mol. The Kier molecular flexibility index (Phi) is 5.32. The summed E-state index contributed by atoms with van der Waals surface area (Å²) in [6.45, 7) is 0. The maximum Gasteiger partial charge on any atom is 0.339 e. The van der Waals surface area contributed by atoms with Gasteiger partial charge in [0.2, 0.25) is 0 Å². The number of hydrogen-bond donors (Lipinski definition) is 0. The Morgan fingerprint density at radius 2 is 1.63 bits per heavy atom. The lowest BCUT2D eigenvalue weighted by Crippen LogP contribution is -2.21. The molecule has 0 amide bonds. The fourth-order valence-electron chi connectivity index (χ4n) is 3.92. The van der Waals surface area contributed by atoms with Crippen molar-refractivity contribution in [1.29, 1.82) is 0 Å². The maximum atomic E-state index is 6.53. The molecule has 0 atom stereocenters. The van der Waals surface area contributed by atoms with Gasteiger partial charge in [-0.25, -0.2) is 0 Å². The predicted octanol–water partition coefficient (Wildman–Crippen LogP) is 6.48. The van der Waals surface area contributed by atoms with Crippen LogP contribution in [0.4, 0.5) is 0 Å². The van der Waals surface area contributed by atoms with Gasteiger partial charge in [-0.15, -0.1) is 5.10 Å². The van der Waals surface area contributed by atoms with E-state index in [1.807, 2.05) is 54.6 Å². The summed E-state index contributed by atoms with van der Waals surface area (Å²) < 4.78 is 7.84. The molecule has 0 N–H and O–H groups in total. The molecule has 0 aliphatic heterocycles. The molecule has 2 heterocycles. The van der Waals surface area contributed by atoms with Gasteiger partial charge in [-0.05, 0) is 55.5 Å². The third-order valence-electron chi connectivity index (χ3n) is 5.47. The van der Waals surface area contributed by atoms with Gasteiger partial charge < -0.3 is 4.74 Å². The minimum atomic E-state index is 0.160. The van der Waals surface area contributed by atoms with E-state index in [1.54, 1.807) is 4.52 Å². The topological polar surface area (TPSA) is 52.3 Å². The van der Waals surface area contributed by atoms with Crippen LogP contribution in [0.3, 0.4) is 0 Å². The number of hydrogen-bond acceptors (Lipinski definition) is 4. The lowest BCUT2D eigenvalue weighted by Gasteiger charge is -2.21. The zero-order valence-corrected chi connectivity index (χ0v) is 17.8. The minimum Gasteiger partial charge on any atom is -0.459 e. The van der Waals surface area contributed by atoms with E-state index in [1.165, 1.54) is 19.3 Å². The van der Waals surface area contributed by atoms with Crippen molar-refractivity contribution in [3.63, 3.8) is 0 Å². The summed E-state index contributed by atoms with van der Waals surface area (Å²) in [7, 11) is 0. The molecule has 2 aromatic heterocycles. The van der Waals surface area contributed by atoms with Crippen LogP contribution in [0.1, 0.15) is 32.1 Å². The van der Waals surface area contributed by atoms with Crippen LogP contribution >= 0.6 is 23.2 Å². The second kappa shape index (κ2) is 8.25. The minimum absolute atomic E-state index is 0.160. The Morgan fingerprint density at radius 1 is 0.867 bits per heavy atom. The third-order valence-corrected chi connectivity index (χ3v) is 6.05. The van der Waals surface area contributed by atoms with Crippen molar-refractivity contribution >= 4 is 28.8 Å². The van der Waals surface area contributed by atoms with Crippen LogP contribution in [0.5, 0.6) is 6.01 Å². The monoisotopic (exact) mass is 438 g/mol. The molecule has 1 saturated carbocycles. The van der Waals surface area contributed by atoms with Gasteiger partial charge in [-0.3, -0.25) is 0 Å². The Labute approximate surface area is 184 Å². The van der Waals surface area contributed by atoms with Crippen LogP contribution in [0, 0.1) is 0 Å². The van der Waals surface area contributed by atoms with Gasteiger partial charge in [-0.1, -0.05) is 65.1 Å². The Balaban J connectivity index is 1.66. The van der Waals surface area contributed by atoms with Gasteiger partial charge >= 0.3 is 6.01 Å². The average molecular weight is 439 g/mol. The Bertz CT molecular complexity index is 1180. The fourth-order valence-corrected chi connectivity index (χ4v) is 4.27. The third kappa shape index (κ3) is 3.75. The largest absolute Gasteiger partial charge is 0.459 e. The van der Waals surface area contributed by atoms with Crippen molar-refractivity contribution in [3.8, 4) is 28.4 Å². The smallest absolute Gasteiger partial charge is 0.339 e. The summed E-state index contributed by atoms with van der Waals surface area (Å²) in [5.41, 5.74) is 4.08. The molecule has 0 radical (unpaired) electrons. The molecule has 0 saturated heterocycles. The summed E-state index contributed by atoms with van der Waals surface area (Å²) in [4.78, 5) is 0. The predicted molar refractivity (Wildman–Crippen MR) is 119 cm³/mol. The first-order chi connectivity index (χ1) is 14.7. The summed E-state index contributed by atoms with van der Waals surface area (Å²) in [5.74, 6) is 0. The molecule has 2 aromatic carbocycles. The van der Waals surface area contributed by atoms with Gasteiger partial charge in [0.25, 0.3) is 0 Å². The summed E-state index contributed by atoms with van der Waals surface area (Å²) in [6.07, 6.45) is 5.86. The Hall–Kier alpha value is -2.63.